The van der Waals surface area contributed by atoms with E-state index < -0.39 is 0 Å². The number of hydrogen-bond donors (Lipinski definition) is 1. The fourth-order valence-electron chi connectivity index (χ4n) is 5.01. The number of ether oxygens (including phenoxy) is 2. The van der Waals surface area contributed by atoms with Gasteiger partial charge in [-0.3, -0.25) is 9.58 Å². The van der Waals surface area contributed by atoms with Gasteiger partial charge in [-0.05, 0) is 55.2 Å². The lowest BCUT2D eigenvalue weighted by Crippen LogP contribution is -2.42. The van der Waals surface area contributed by atoms with Crippen LogP contribution in [0.5, 0.6) is 5.75 Å². The minimum Gasteiger partial charge on any atom is -0.471 e. The Morgan fingerprint density at radius 1 is 1.23 bits per heavy atom. The summed E-state index contributed by atoms with van der Waals surface area (Å²) in [7, 11) is 1.78. The van der Waals surface area contributed by atoms with Crippen LogP contribution in [-0.4, -0.2) is 63.8 Å². The van der Waals surface area contributed by atoms with E-state index in [0.29, 0.717) is 18.1 Å². The average molecular weight is 707 g/mol. The fourth-order valence-corrected chi connectivity index (χ4v) is 7.74. The first kappa shape index (κ1) is 27.3. The molecule has 2 fully saturated rings. The number of piperidine rings is 1. The summed E-state index contributed by atoms with van der Waals surface area (Å²) in [5.74, 6) is 1.47. The number of likely N-dealkylation sites (tertiary alicyclic amines) is 1. The highest BCUT2D eigenvalue weighted by molar-refractivity contribution is 14.3. The van der Waals surface area contributed by atoms with Crippen LogP contribution < -0.4 is 4.74 Å². The zero-order chi connectivity index (χ0) is 25.0. The number of rotatable bonds is 11. The molecule has 0 spiro atoms. The molecule has 1 atom stereocenters. The van der Waals surface area contributed by atoms with E-state index in [4.69, 9.17) is 9.47 Å². The molecule has 2 aromatic rings. The van der Waals surface area contributed by atoms with E-state index >= 15 is 0 Å². The highest BCUT2D eigenvalue weighted by Gasteiger charge is 2.33. The third-order valence-corrected chi connectivity index (χ3v) is 14.0. The van der Waals surface area contributed by atoms with Crippen molar-refractivity contribution in [2.24, 2.45) is 11.3 Å². The van der Waals surface area contributed by atoms with Crippen LogP contribution >= 0.6 is 41.5 Å². The van der Waals surface area contributed by atoms with Gasteiger partial charge >= 0.3 is 0 Å². The molecule has 1 aliphatic heterocycles. The molecule has 194 valence electrons. The monoisotopic (exact) mass is 707 g/mol. The number of halogens is 2. The molecule has 0 radical (unpaired) electrons. The summed E-state index contributed by atoms with van der Waals surface area (Å²) in [6.07, 6.45) is 8.88. The van der Waals surface area contributed by atoms with E-state index in [1.165, 1.54) is 18.4 Å². The Morgan fingerprint density at radius 2 is 2.00 bits per heavy atom. The van der Waals surface area contributed by atoms with Gasteiger partial charge in [-0.25, -0.2) is 0 Å². The van der Waals surface area contributed by atoms with Gasteiger partial charge in [0.2, 0.25) is 0 Å². The largest absolute Gasteiger partial charge is 0.471 e. The van der Waals surface area contributed by atoms with Crippen molar-refractivity contribution in [2.75, 3.05) is 26.8 Å². The van der Waals surface area contributed by atoms with E-state index in [0.717, 1.165) is 49.4 Å². The molecule has 0 bridgehead atoms. The molecule has 2 aliphatic rings. The lowest BCUT2D eigenvalue weighted by Gasteiger charge is -2.40. The minimum atomic E-state index is -0.270. The van der Waals surface area contributed by atoms with Crippen molar-refractivity contribution in [2.45, 2.75) is 60.3 Å². The maximum atomic E-state index is 9.88. The summed E-state index contributed by atoms with van der Waals surface area (Å²) in [5, 5.41) is 14.5. The number of aliphatic hydroxyl groups excluding tert-OH is 1. The van der Waals surface area contributed by atoms with Crippen LogP contribution in [0, 0.1) is 11.3 Å². The number of methoxy groups -OCH3 is 1. The quantitative estimate of drug-likeness (QED) is 0.244. The Bertz CT molecular complexity index is 1010. The van der Waals surface area contributed by atoms with Gasteiger partial charge < -0.3 is 14.6 Å². The van der Waals surface area contributed by atoms with Crippen LogP contribution in [0.1, 0.15) is 51.1 Å². The van der Waals surface area contributed by atoms with E-state index in [1.807, 2.05) is 6.20 Å². The molecule has 1 saturated carbocycles. The van der Waals surface area contributed by atoms with Gasteiger partial charge in [0.05, 0.1) is 18.3 Å². The SMILES string of the molecule is C=IC(Oc1cc(-c2cnn(C3CC(OC)C3)c2)ccc1CN1CCC[C@H](C(C)(C)CO)C1)I=C. The van der Waals surface area contributed by atoms with Gasteiger partial charge in [-0.1, -0.05) is 76.5 Å². The summed E-state index contributed by atoms with van der Waals surface area (Å²) in [6.45, 7) is 7.57. The number of alkyl halides is 2. The van der Waals surface area contributed by atoms with Crippen LogP contribution in [0.2, 0.25) is 0 Å². The maximum Gasteiger partial charge on any atom is 0.188 e. The molecule has 2 heterocycles. The number of hydrogen-bond acceptors (Lipinski definition) is 5. The molecule has 1 aromatic heterocycles. The van der Waals surface area contributed by atoms with Crippen LogP contribution in [0.4, 0.5) is 0 Å². The lowest BCUT2D eigenvalue weighted by molar-refractivity contribution is 0.00250. The van der Waals surface area contributed by atoms with Crippen molar-refractivity contribution in [1.82, 2.24) is 14.7 Å². The first-order chi connectivity index (χ1) is 16.9. The highest BCUT2D eigenvalue weighted by Crippen LogP contribution is 2.38. The van der Waals surface area contributed by atoms with Gasteiger partial charge in [0, 0.05) is 44.1 Å². The maximum absolute atomic E-state index is 9.88. The fraction of sp³-hybridized carbons (Fsp3) is 0.593. The third-order valence-electron chi connectivity index (χ3n) is 7.65. The summed E-state index contributed by atoms with van der Waals surface area (Å²) in [4.78, 5) is 2.53. The second kappa shape index (κ2) is 12.2. The molecule has 1 aliphatic carbocycles. The van der Waals surface area contributed by atoms with E-state index in [1.54, 1.807) is 7.11 Å². The molecule has 0 unspecified atom stereocenters. The predicted octanol–water partition coefficient (Wildman–Crippen LogP) is 5.60. The van der Waals surface area contributed by atoms with Gasteiger partial charge in [0.25, 0.3) is 0 Å². The Balaban J connectivity index is 1.54. The summed E-state index contributed by atoms with van der Waals surface area (Å²) in [5.41, 5.74) is 3.44. The Hall–Kier alpha value is -0.690. The molecule has 8 heteroatoms. The Kier molecular flexibility index (Phi) is 9.56. The zero-order valence-electron chi connectivity index (χ0n) is 21.1. The number of aromatic nitrogens is 2. The van der Waals surface area contributed by atoms with E-state index in [9.17, 15) is 5.11 Å². The normalized spacial score (nSPS) is 23.4. The molecule has 6 nitrogen and oxygen atoms in total. The van der Waals surface area contributed by atoms with Gasteiger partial charge in [-0.2, -0.15) is 5.10 Å². The smallest absolute Gasteiger partial charge is 0.188 e. The van der Waals surface area contributed by atoms with Crippen LogP contribution in [0.25, 0.3) is 11.1 Å². The Labute approximate surface area is 229 Å². The molecular formula is C27H39I2N3O3. The van der Waals surface area contributed by atoms with Crippen molar-refractivity contribution in [3.8, 4) is 16.9 Å². The summed E-state index contributed by atoms with van der Waals surface area (Å²) >= 11 is -0.540. The topological polar surface area (TPSA) is 59.8 Å². The van der Waals surface area contributed by atoms with Gasteiger partial charge in [0.1, 0.15) is 5.75 Å². The standard InChI is InChI=1S/C27H39I2N3O3/c1-27(2,18-33)22-7-6-10-31(17-22)15-20-9-8-19(11-25(20)35-26(28-3)29-4)21-14-30-32(16-21)23-12-24(13-23)34-5/h8-9,11,14,16,22-24,26,33H,3-4,6-7,10,12-13,15,17-18H2,1-2,5H3/t22-,23?,24?/m0/s1. The molecule has 35 heavy (non-hydrogen) atoms. The van der Waals surface area contributed by atoms with Crippen molar-refractivity contribution in [3.63, 3.8) is 0 Å². The number of aliphatic hydroxyl groups is 1. The van der Waals surface area contributed by atoms with Crippen molar-refractivity contribution in [1.29, 1.82) is 0 Å². The minimum absolute atomic E-state index is 0.0482. The Morgan fingerprint density at radius 3 is 2.69 bits per heavy atom. The second-order valence-corrected chi connectivity index (χ2v) is 16.8. The van der Waals surface area contributed by atoms with E-state index in [2.05, 4.69) is 62.0 Å². The predicted molar refractivity (Wildman–Crippen MR) is 162 cm³/mol. The molecule has 4 rings (SSSR count). The first-order valence-electron chi connectivity index (χ1n) is 12.3. The van der Waals surface area contributed by atoms with Gasteiger partial charge in [-0.15, -0.1) is 0 Å². The molecule has 1 saturated heterocycles. The number of benzene rings is 1. The average Bonchev–Trinajstić information content (AvgIpc) is 3.32. The van der Waals surface area contributed by atoms with Crippen LogP contribution in [0.15, 0.2) is 30.6 Å². The van der Waals surface area contributed by atoms with Crippen molar-refractivity contribution in [3.05, 3.63) is 36.2 Å². The molecule has 0 amide bonds. The lowest BCUT2D eigenvalue weighted by atomic mass is 9.75. The highest BCUT2D eigenvalue weighted by atomic mass is 127. The van der Waals surface area contributed by atoms with Crippen molar-refractivity contribution < 1.29 is 14.6 Å². The molecule has 1 aromatic carbocycles. The summed E-state index contributed by atoms with van der Waals surface area (Å²) < 4.78 is 22.7. The summed E-state index contributed by atoms with van der Waals surface area (Å²) in [6, 6.07) is 7.05. The van der Waals surface area contributed by atoms with E-state index in [-0.39, 0.29) is 55.6 Å². The third kappa shape index (κ3) is 6.61. The second-order valence-electron chi connectivity index (χ2n) is 10.4. The van der Waals surface area contributed by atoms with Gasteiger partial charge in [0.15, 0.2) is 2.12 Å². The zero-order valence-corrected chi connectivity index (χ0v) is 25.4. The first-order valence-corrected chi connectivity index (χ1v) is 17.8. The van der Waals surface area contributed by atoms with Crippen molar-refractivity contribution >= 4 is 50.5 Å². The number of nitrogens with zero attached hydrogens (tertiary/aromatic N) is 3. The molecule has 1 N–H and O–H groups in total. The molecular weight excluding hydrogens is 668 g/mol. The van der Waals surface area contributed by atoms with Crippen LogP contribution in [0.3, 0.4) is 0 Å². The van der Waals surface area contributed by atoms with Crippen LogP contribution in [-0.2, 0) is 11.3 Å².